The van der Waals surface area contributed by atoms with Gasteiger partial charge in [-0.2, -0.15) is 0 Å². The molecule has 0 amide bonds. The maximum atomic E-state index is 4.69. The predicted octanol–water partition coefficient (Wildman–Crippen LogP) is 5.34. The molecule has 3 heteroatoms. The van der Waals surface area contributed by atoms with Crippen LogP contribution in [-0.4, -0.2) is 14.4 Å². The van der Waals surface area contributed by atoms with Gasteiger partial charge in [-0.15, -0.1) is 0 Å². The van der Waals surface area contributed by atoms with E-state index in [1.54, 1.807) is 0 Å². The summed E-state index contributed by atoms with van der Waals surface area (Å²) in [4.78, 5) is 9.38. The fourth-order valence-electron chi connectivity index (χ4n) is 3.96. The van der Waals surface area contributed by atoms with Crippen molar-refractivity contribution in [3.63, 3.8) is 0 Å². The number of hydrogen-bond donors (Lipinski definition) is 0. The molecule has 2 aromatic carbocycles. The first-order valence-electron chi connectivity index (χ1n) is 8.36. The van der Waals surface area contributed by atoms with Gasteiger partial charge in [0.2, 0.25) is 0 Å². The molecule has 0 aliphatic heterocycles. The van der Waals surface area contributed by atoms with Gasteiger partial charge in [0.15, 0.2) is 0 Å². The van der Waals surface area contributed by atoms with Gasteiger partial charge in [-0.1, -0.05) is 42.5 Å². The van der Waals surface area contributed by atoms with Gasteiger partial charge >= 0.3 is 0 Å². The Kier molecular flexibility index (Phi) is 2.35. The Hall–Kier alpha value is -3.46. The standard InChI is InChI=1S/C22H13N3/c1-4-10-19-14(6-1)12-20-21-15(8-5-11-23-21)17-13-24-18-9-3-2-7-16(18)22(17)25(19)20/h1-13H. The van der Waals surface area contributed by atoms with Crippen LogP contribution >= 0.6 is 0 Å². The summed E-state index contributed by atoms with van der Waals surface area (Å²) in [6.07, 6.45) is 3.84. The van der Waals surface area contributed by atoms with Crippen molar-refractivity contribution >= 4 is 49.1 Å². The Morgan fingerprint density at radius 2 is 1.52 bits per heavy atom. The molecular weight excluding hydrogens is 306 g/mol. The van der Waals surface area contributed by atoms with E-state index in [0.29, 0.717) is 0 Å². The van der Waals surface area contributed by atoms with Crippen molar-refractivity contribution in [1.29, 1.82) is 0 Å². The minimum absolute atomic E-state index is 1.01. The summed E-state index contributed by atoms with van der Waals surface area (Å²) in [6, 6.07) is 23.2. The lowest BCUT2D eigenvalue weighted by atomic mass is 10.1. The quantitative estimate of drug-likeness (QED) is 0.354. The molecule has 4 aromatic heterocycles. The first-order chi connectivity index (χ1) is 12.4. The van der Waals surface area contributed by atoms with Gasteiger partial charge < -0.3 is 4.40 Å². The van der Waals surface area contributed by atoms with Crippen molar-refractivity contribution in [3.8, 4) is 0 Å². The maximum absolute atomic E-state index is 4.69. The normalized spacial score (nSPS) is 12.0. The van der Waals surface area contributed by atoms with Crippen molar-refractivity contribution < 1.29 is 0 Å². The number of aromatic nitrogens is 3. The topological polar surface area (TPSA) is 30.2 Å². The van der Waals surface area contributed by atoms with Gasteiger partial charge in [0.05, 0.1) is 27.6 Å². The summed E-state index contributed by atoms with van der Waals surface area (Å²) in [5, 5.41) is 4.67. The third-order valence-electron chi connectivity index (χ3n) is 5.02. The van der Waals surface area contributed by atoms with Crippen LogP contribution in [-0.2, 0) is 0 Å². The zero-order chi connectivity index (χ0) is 16.4. The van der Waals surface area contributed by atoms with Gasteiger partial charge in [0, 0.05) is 33.9 Å². The summed E-state index contributed by atoms with van der Waals surface area (Å²) in [5.74, 6) is 0. The number of para-hydroxylation sites is 2. The second-order valence-electron chi connectivity index (χ2n) is 6.36. The highest BCUT2D eigenvalue weighted by atomic mass is 14.9. The first kappa shape index (κ1) is 12.9. The Labute approximate surface area is 143 Å². The molecule has 0 unspecified atom stereocenters. The molecule has 0 saturated carbocycles. The van der Waals surface area contributed by atoms with Crippen molar-refractivity contribution in [1.82, 2.24) is 14.4 Å². The molecule has 6 aromatic rings. The third-order valence-corrected chi connectivity index (χ3v) is 5.02. The highest BCUT2D eigenvalue weighted by Crippen LogP contribution is 2.35. The zero-order valence-electron chi connectivity index (χ0n) is 13.3. The van der Waals surface area contributed by atoms with Crippen molar-refractivity contribution in [2.24, 2.45) is 0 Å². The van der Waals surface area contributed by atoms with E-state index in [4.69, 9.17) is 0 Å². The van der Waals surface area contributed by atoms with Crippen LogP contribution < -0.4 is 0 Å². The number of benzene rings is 2. The molecular formula is C22H13N3. The van der Waals surface area contributed by atoms with E-state index in [0.717, 1.165) is 32.7 Å². The summed E-state index contributed by atoms with van der Waals surface area (Å²) >= 11 is 0. The monoisotopic (exact) mass is 319 g/mol. The molecule has 0 radical (unpaired) electrons. The molecule has 6 rings (SSSR count). The lowest BCUT2D eigenvalue weighted by Crippen LogP contribution is -1.94. The molecule has 0 spiro atoms. The zero-order valence-corrected chi connectivity index (χ0v) is 13.3. The highest BCUT2D eigenvalue weighted by Gasteiger charge is 2.15. The summed E-state index contributed by atoms with van der Waals surface area (Å²) in [7, 11) is 0. The van der Waals surface area contributed by atoms with Crippen molar-refractivity contribution in [2.75, 3.05) is 0 Å². The second kappa shape index (κ2) is 4.54. The van der Waals surface area contributed by atoms with E-state index in [1.165, 1.54) is 16.4 Å². The van der Waals surface area contributed by atoms with Gasteiger partial charge in [-0.25, -0.2) is 0 Å². The summed E-state index contributed by atoms with van der Waals surface area (Å²) in [6.45, 7) is 0. The van der Waals surface area contributed by atoms with E-state index in [1.807, 2.05) is 24.5 Å². The molecule has 0 N–H and O–H groups in total. The fraction of sp³-hybridized carbons (Fsp3) is 0. The molecule has 116 valence electrons. The van der Waals surface area contributed by atoms with Crippen LogP contribution in [0.5, 0.6) is 0 Å². The van der Waals surface area contributed by atoms with Crippen LogP contribution in [0.25, 0.3) is 49.1 Å². The van der Waals surface area contributed by atoms with E-state index >= 15 is 0 Å². The molecule has 25 heavy (non-hydrogen) atoms. The minimum Gasteiger partial charge on any atom is -0.306 e. The molecule has 3 nitrogen and oxygen atoms in total. The Morgan fingerprint density at radius 3 is 2.52 bits per heavy atom. The van der Waals surface area contributed by atoms with Gasteiger partial charge in [-0.05, 0) is 24.3 Å². The van der Waals surface area contributed by atoms with E-state index < -0.39 is 0 Å². The second-order valence-corrected chi connectivity index (χ2v) is 6.36. The lowest BCUT2D eigenvalue weighted by Gasteiger charge is -2.11. The van der Waals surface area contributed by atoms with Crippen LogP contribution in [0.3, 0.4) is 0 Å². The third kappa shape index (κ3) is 1.59. The van der Waals surface area contributed by atoms with Gasteiger partial charge in [0.1, 0.15) is 0 Å². The van der Waals surface area contributed by atoms with Crippen LogP contribution in [0.1, 0.15) is 0 Å². The van der Waals surface area contributed by atoms with Crippen LogP contribution in [0.4, 0.5) is 0 Å². The molecule has 0 aliphatic carbocycles. The SMILES string of the molecule is c1ccc2c(c1)cc1c3ncccc3c3cnc4ccccc4c3n21. The van der Waals surface area contributed by atoms with E-state index in [9.17, 15) is 0 Å². The van der Waals surface area contributed by atoms with Crippen molar-refractivity contribution in [2.45, 2.75) is 0 Å². The van der Waals surface area contributed by atoms with E-state index in [2.05, 4.69) is 69.0 Å². The Bertz CT molecular complexity index is 1440. The average Bonchev–Trinajstić information content (AvgIpc) is 3.07. The van der Waals surface area contributed by atoms with Gasteiger partial charge in [0.25, 0.3) is 0 Å². The molecule has 0 aliphatic rings. The van der Waals surface area contributed by atoms with Gasteiger partial charge in [-0.3, -0.25) is 9.97 Å². The minimum atomic E-state index is 1.01. The van der Waals surface area contributed by atoms with Crippen LogP contribution in [0.2, 0.25) is 0 Å². The number of pyridine rings is 3. The molecule has 0 atom stereocenters. The Balaban J connectivity index is 2.09. The van der Waals surface area contributed by atoms with Crippen LogP contribution in [0, 0.1) is 0 Å². The van der Waals surface area contributed by atoms with E-state index in [-0.39, 0.29) is 0 Å². The largest absolute Gasteiger partial charge is 0.306 e. The maximum Gasteiger partial charge on any atom is 0.0949 e. The fourth-order valence-corrected chi connectivity index (χ4v) is 3.96. The first-order valence-corrected chi connectivity index (χ1v) is 8.36. The number of nitrogens with zero attached hydrogens (tertiary/aromatic N) is 3. The average molecular weight is 319 g/mol. The molecule has 0 fully saturated rings. The lowest BCUT2D eigenvalue weighted by molar-refractivity contribution is 1.32. The number of rotatable bonds is 0. The molecule has 0 saturated heterocycles. The number of hydrogen-bond acceptors (Lipinski definition) is 2. The molecule has 0 bridgehead atoms. The Morgan fingerprint density at radius 1 is 0.680 bits per heavy atom. The highest BCUT2D eigenvalue weighted by molar-refractivity contribution is 6.19. The van der Waals surface area contributed by atoms with Crippen molar-refractivity contribution in [3.05, 3.63) is 79.1 Å². The molecule has 4 heterocycles. The summed E-state index contributed by atoms with van der Waals surface area (Å²) in [5.41, 5.74) is 5.56. The summed E-state index contributed by atoms with van der Waals surface area (Å²) < 4.78 is 2.34. The smallest absolute Gasteiger partial charge is 0.0949 e. The van der Waals surface area contributed by atoms with Crippen LogP contribution in [0.15, 0.2) is 79.1 Å². The number of fused-ring (bicyclic) bond motifs is 10. The predicted molar refractivity (Wildman–Crippen MR) is 103 cm³/mol.